The second-order valence-corrected chi connectivity index (χ2v) is 9.35. The predicted molar refractivity (Wildman–Crippen MR) is 128 cm³/mol. The third-order valence-electron chi connectivity index (χ3n) is 7.03. The highest BCUT2D eigenvalue weighted by molar-refractivity contribution is 5.84. The number of hydrogen-bond acceptors (Lipinski definition) is 4. The second-order valence-electron chi connectivity index (χ2n) is 9.35. The van der Waals surface area contributed by atoms with Crippen molar-refractivity contribution in [3.63, 3.8) is 0 Å². The summed E-state index contributed by atoms with van der Waals surface area (Å²) in [6.45, 7) is 3.76. The maximum absolute atomic E-state index is 6.01. The number of benzene rings is 2. The van der Waals surface area contributed by atoms with Gasteiger partial charge in [0.25, 0.3) is 0 Å². The first kappa shape index (κ1) is 20.7. The van der Waals surface area contributed by atoms with Gasteiger partial charge in [-0.25, -0.2) is 0 Å². The summed E-state index contributed by atoms with van der Waals surface area (Å²) < 4.78 is 0. The monoisotopic (exact) mass is 417 g/mol. The van der Waals surface area contributed by atoms with Gasteiger partial charge in [0.2, 0.25) is 0 Å². The average molecular weight is 418 g/mol. The Balaban J connectivity index is 1.07. The minimum absolute atomic E-state index is 0.415. The highest BCUT2D eigenvalue weighted by Crippen LogP contribution is 2.26. The lowest BCUT2D eigenvalue weighted by atomic mass is 9.92. The number of fused-ring (bicyclic) bond motifs is 3. The van der Waals surface area contributed by atoms with Crippen molar-refractivity contribution < 1.29 is 0 Å². The van der Waals surface area contributed by atoms with Crippen molar-refractivity contribution in [1.82, 2.24) is 20.9 Å². The number of nitrogens with two attached hydrogens (primary N) is 1. The fraction of sp³-hybridized carbons (Fsp3) is 0.462. The summed E-state index contributed by atoms with van der Waals surface area (Å²) >= 11 is 0. The molecule has 0 amide bonds. The van der Waals surface area contributed by atoms with Crippen LogP contribution in [0, 0.1) is 0 Å². The Labute approximate surface area is 185 Å². The number of aromatic nitrogens is 1. The maximum atomic E-state index is 6.01. The normalized spacial score (nSPS) is 23.7. The fourth-order valence-electron chi connectivity index (χ4n) is 5.10. The summed E-state index contributed by atoms with van der Waals surface area (Å²) in [4.78, 5) is 3.56. The Morgan fingerprint density at radius 1 is 0.903 bits per heavy atom. The predicted octanol–water partition coefficient (Wildman–Crippen LogP) is 3.33. The Morgan fingerprint density at radius 2 is 1.65 bits per heavy atom. The molecule has 0 saturated heterocycles. The van der Waals surface area contributed by atoms with E-state index in [1.807, 2.05) is 0 Å². The molecule has 31 heavy (non-hydrogen) atoms. The minimum Gasteiger partial charge on any atom is -0.357 e. The van der Waals surface area contributed by atoms with Gasteiger partial charge in [0.1, 0.15) is 0 Å². The van der Waals surface area contributed by atoms with Crippen LogP contribution in [0.15, 0.2) is 48.5 Å². The molecule has 1 saturated carbocycles. The molecule has 1 fully saturated rings. The van der Waals surface area contributed by atoms with Gasteiger partial charge in [0.05, 0.1) is 0 Å². The molecule has 2 aliphatic rings. The Kier molecular flexibility index (Phi) is 6.37. The maximum Gasteiger partial charge on any atom is 0.0459 e. The Bertz CT molecular complexity index is 985. The molecule has 1 aromatic heterocycles. The van der Waals surface area contributed by atoms with Gasteiger partial charge in [-0.1, -0.05) is 42.5 Å². The summed E-state index contributed by atoms with van der Waals surface area (Å²) in [5, 5.41) is 12.4. The van der Waals surface area contributed by atoms with Crippen molar-refractivity contribution in [2.45, 2.75) is 69.9 Å². The van der Waals surface area contributed by atoms with Crippen LogP contribution in [0.2, 0.25) is 0 Å². The van der Waals surface area contributed by atoms with Crippen LogP contribution in [0.1, 0.15) is 48.1 Å². The van der Waals surface area contributed by atoms with Crippen LogP contribution in [0.3, 0.4) is 0 Å². The number of rotatable bonds is 7. The molecule has 2 aromatic carbocycles. The molecule has 1 atom stereocenters. The van der Waals surface area contributed by atoms with E-state index in [0.29, 0.717) is 18.1 Å². The van der Waals surface area contributed by atoms with E-state index in [2.05, 4.69) is 69.5 Å². The quantitative estimate of drug-likeness (QED) is 0.409. The van der Waals surface area contributed by atoms with Crippen LogP contribution in [0.25, 0.3) is 10.9 Å². The van der Waals surface area contributed by atoms with Gasteiger partial charge < -0.3 is 26.7 Å². The number of H-pyrrole nitrogens is 1. The molecule has 1 aliphatic heterocycles. The van der Waals surface area contributed by atoms with Crippen molar-refractivity contribution >= 4 is 10.9 Å². The Morgan fingerprint density at radius 3 is 2.45 bits per heavy atom. The lowest BCUT2D eigenvalue weighted by Gasteiger charge is -2.27. The molecule has 5 heteroatoms. The van der Waals surface area contributed by atoms with Crippen LogP contribution in [-0.2, 0) is 26.1 Å². The summed E-state index contributed by atoms with van der Waals surface area (Å²) in [5.74, 6) is 0. The molecule has 0 radical (unpaired) electrons. The molecule has 2 heterocycles. The van der Waals surface area contributed by atoms with Crippen molar-refractivity contribution in [3.05, 3.63) is 70.9 Å². The molecule has 6 N–H and O–H groups in total. The summed E-state index contributed by atoms with van der Waals surface area (Å²) in [5.41, 5.74) is 12.8. The van der Waals surface area contributed by atoms with Gasteiger partial charge in [-0.2, -0.15) is 0 Å². The lowest BCUT2D eigenvalue weighted by Crippen LogP contribution is -2.42. The molecule has 1 aliphatic carbocycles. The first-order chi connectivity index (χ1) is 15.2. The lowest BCUT2D eigenvalue weighted by molar-refractivity contribution is 0.342. The van der Waals surface area contributed by atoms with E-state index in [0.717, 1.165) is 45.4 Å². The van der Waals surface area contributed by atoms with Crippen molar-refractivity contribution in [3.8, 4) is 0 Å². The number of nitrogens with one attached hydrogen (secondary N) is 4. The van der Waals surface area contributed by atoms with Gasteiger partial charge in [0, 0.05) is 60.9 Å². The third-order valence-corrected chi connectivity index (χ3v) is 7.03. The number of aromatic amines is 1. The SMILES string of the molecule is NC1CCC(NCc2ccc(CNCC3Cc4c([nH]c5ccccc45)CN3)cc2)CC1. The highest BCUT2D eigenvalue weighted by atomic mass is 15.0. The largest absolute Gasteiger partial charge is 0.357 e. The molecule has 5 nitrogen and oxygen atoms in total. The summed E-state index contributed by atoms with van der Waals surface area (Å²) in [7, 11) is 0. The van der Waals surface area contributed by atoms with Gasteiger partial charge in [-0.15, -0.1) is 0 Å². The van der Waals surface area contributed by atoms with E-state index in [9.17, 15) is 0 Å². The zero-order valence-corrected chi connectivity index (χ0v) is 18.3. The summed E-state index contributed by atoms with van der Waals surface area (Å²) in [6, 6.07) is 19.2. The average Bonchev–Trinajstić information content (AvgIpc) is 3.18. The van der Waals surface area contributed by atoms with Crippen LogP contribution in [-0.4, -0.2) is 29.7 Å². The van der Waals surface area contributed by atoms with E-state index in [1.54, 1.807) is 0 Å². The molecular formula is C26H35N5. The van der Waals surface area contributed by atoms with Crippen LogP contribution >= 0.6 is 0 Å². The highest BCUT2D eigenvalue weighted by Gasteiger charge is 2.21. The van der Waals surface area contributed by atoms with Gasteiger partial charge in [-0.05, 0) is 54.9 Å². The second kappa shape index (κ2) is 9.53. The molecule has 5 rings (SSSR count). The van der Waals surface area contributed by atoms with E-state index in [1.165, 1.54) is 46.1 Å². The first-order valence-electron chi connectivity index (χ1n) is 11.8. The van der Waals surface area contributed by atoms with Crippen molar-refractivity contribution in [2.24, 2.45) is 5.73 Å². The van der Waals surface area contributed by atoms with Crippen LogP contribution in [0.5, 0.6) is 0 Å². The van der Waals surface area contributed by atoms with Crippen molar-refractivity contribution in [1.29, 1.82) is 0 Å². The molecule has 164 valence electrons. The Hall–Kier alpha value is -2.18. The van der Waals surface area contributed by atoms with Crippen LogP contribution < -0.4 is 21.7 Å². The molecule has 1 unspecified atom stereocenters. The third kappa shape index (κ3) is 5.01. The standard InChI is InChI=1S/C26H35N5/c27-20-9-11-21(12-10-20)29-15-19-7-5-18(6-8-19)14-28-16-22-13-24-23-3-1-2-4-25(23)31-26(24)17-30-22/h1-8,20-22,28-31H,9-17,27H2. The molecule has 3 aromatic rings. The van der Waals surface area contributed by atoms with E-state index in [-0.39, 0.29) is 0 Å². The van der Waals surface area contributed by atoms with Gasteiger partial charge in [-0.3, -0.25) is 0 Å². The summed E-state index contributed by atoms with van der Waals surface area (Å²) in [6.07, 6.45) is 5.79. The first-order valence-corrected chi connectivity index (χ1v) is 11.8. The number of para-hydroxylation sites is 1. The van der Waals surface area contributed by atoms with Gasteiger partial charge in [0.15, 0.2) is 0 Å². The fourth-order valence-corrected chi connectivity index (χ4v) is 5.10. The minimum atomic E-state index is 0.415. The smallest absolute Gasteiger partial charge is 0.0459 e. The zero-order valence-electron chi connectivity index (χ0n) is 18.3. The molecular weight excluding hydrogens is 382 g/mol. The number of hydrogen-bond donors (Lipinski definition) is 5. The van der Waals surface area contributed by atoms with E-state index >= 15 is 0 Å². The van der Waals surface area contributed by atoms with E-state index in [4.69, 9.17) is 5.73 Å². The molecule has 0 bridgehead atoms. The van der Waals surface area contributed by atoms with Crippen LogP contribution in [0.4, 0.5) is 0 Å². The zero-order chi connectivity index (χ0) is 21.0. The van der Waals surface area contributed by atoms with Gasteiger partial charge >= 0.3 is 0 Å². The van der Waals surface area contributed by atoms with E-state index < -0.39 is 0 Å². The van der Waals surface area contributed by atoms with Crippen molar-refractivity contribution in [2.75, 3.05) is 6.54 Å². The topological polar surface area (TPSA) is 77.9 Å². The molecule has 0 spiro atoms.